The Bertz CT molecular complexity index is 643. The van der Waals surface area contributed by atoms with E-state index in [0.717, 1.165) is 0 Å². The Morgan fingerprint density at radius 1 is 1.30 bits per heavy atom. The molecule has 106 valence electrons. The summed E-state index contributed by atoms with van der Waals surface area (Å²) in [5, 5.41) is 9.51. The van der Waals surface area contributed by atoms with E-state index < -0.39 is 5.91 Å². The maximum Gasteiger partial charge on any atom is 0.281 e. The van der Waals surface area contributed by atoms with Crippen LogP contribution in [0.2, 0.25) is 5.02 Å². The van der Waals surface area contributed by atoms with Crippen LogP contribution >= 0.6 is 11.6 Å². The number of hydrogen-bond acceptors (Lipinski definition) is 7. The number of nitrogens with zero attached hydrogens (tertiary/aromatic N) is 2. The lowest BCUT2D eigenvalue weighted by atomic mass is 10.2. The van der Waals surface area contributed by atoms with Crippen LogP contribution in [0.5, 0.6) is 11.5 Å². The first-order valence-corrected chi connectivity index (χ1v) is 5.75. The van der Waals surface area contributed by atoms with Gasteiger partial charge in [-0.1, -0.05) is 11.6 Å². The molecular weight excluding hydrogens is 288 g/mol. The minimum absolute atomic E-state index is 0.112. The molecule has 2 rings (SSSR count). The lowest BCUT2D eigenvalue weighted by molar-refractivity contribution is 0.101. The summed E-state index contributed by atoms with van der Waals surface area (Å²) in [5.41, 5.74) is 5.62. The Kier molecular flexibility index (Phi) is 3.94. The highest BCUT2D eigenvalue weighted by Gasteiger charge is 2.18. The van der Waals surface area contributed by atoms with Crippen molar-refractivity contribution in [1.29, 1.82) is 0 Å². The molecule has 0 saturated carbocycles. The van der Waals surface area contributed by atoms with E-state index in [9.17, 15) is 4.79 Å². The van der Waals surface area contributed by atoms with E-state index in [-0.39, 0.29) is 16.5 Å². The standard InChI is InChI=1S/C11H11ClN4O4/c1-18-7-3-5(12)6(4-8(7)19-2)14-11(17)9-10(13)16-20-15-9/h3-4H,1-2H3,(H2,13,16)(H,14,17). The van der Waals surface area contributed by atoms with Crippen LogP contribution in [-0.2, 0) is 0 Å². The number of ether oxygens (including phenoxy) is 2. The van der Waals surface area contributed by atoms with Gasteiger partial charge in [-0.3, -0.25) is 4.79 Å². The van der Waals surface area contributed by atoms with Gasteiger partial charge in [-0.25, -0.2) is 4.63 Å². The van der Waals surface area contributed by atoms with Crippen LogP contribution in [0.4, 0.5) is 11.5 Å². The molecule has 1 heterocycles. The van der Waals surface area contributed by atoms with Gasteiger partial charge in [0.15, 0.2) is 11.5 Å². The third-order valence-corrected chi connectivity index (χ3v) is 2.76. The SMILES string of the molecule is COc1cc(Cl)c(NC(=O)c2nonc2N)cc1OC. The van der Waals surface area contributed by atoms with Gasteiger partial charge in [0.05, 0.1) is 24.9 Å². The van der Waals surface area contributed by atoms with Crippen molar-refractivity contribution in [2.45, 2.75) is 0 Å². The van der Waals surface area contributed by atoms with Crippen LogP contribution in [0.1, 0.15) is 10.5 Å². The summed E-state index contributed by atoms with van der Waals surface area (Å²) >= 11 is 6.04. The average Bonchev–Trinajstić information content (AvgIpc) is 2.86. The summed E-state index contributed by atoms with van der Waals surface area (Å²) < 4.78 is 14.6. The number of nitrogens with one attached hydrogen (secondary N) is 1. The molecular formula is C11H11ClN4O4. The monoisotopic (exact) mass is 298 g/mol. The molecule has 9 heteroatoms. The van der Waals surface area contributed by atoms with E-state index in [0.29, 0.717) is 17.2 Å². The number of methoxy groups -OCH3 is 2. The zero-order valence-corrected chi connectivity index (χ0v) is 11.4. The second-order valence-electron chi connectivity index (χ2n) is 3.64. The zero-order valence-electron chi connectivity index (χ0n) is 10.6. The van der Waals surface area contributed by atoms with Crippen LogP contribution in [0, 0.1) is 0 Å². The fourth-order valence-corrected chi connectivity index (χ4v) is 1.69. The number of rotatable bonds is 4. The van der Waals surface area contributed by atoms with E-state index in [1.807, 2.05) is 0 Å². The fraction of sp³-hybridized carbons (Fsp3) is 0.182. The lowest BCUT2D eigenvalue weighted by Crippen LogP contribution is -2.14. The van der Waals surface area contributed by atoms with Gasteiger partial charge in [-0.2, -0.15) is 0 Å². The van der Waals surface area contributed by atoms with Crippen LogP contribution in [0.3, 0.4) is 0 Å². The summed E-state index contributed by atoms with van der Waals surface area (Å²) in [4.78, 5) is 11.9. The van der Waals surface area contributed by atoms with Gasteiger partial charge >= 0.3 is 0 Å². The van der Waals surface area contributed by atoms with E-state index in [1.165, 1.54) is 26.4 Å². The van der Waals surface area contributed by atoms with Crippen molar-refractivity contribution >= 4 is 29.0 Å². The van der Waals surface area contributed by atoms with Crippen molar-refractivity contribution in [3.05, 3.63) is 22.8 Å². The number of carbonyl (C=O) groups is 1. The molecule has 20 heavy (non-hydrogen) atoms. The second-order valence-corrected chi connectivity index (χ2v) is 4.05. The molecule has 1 aromatic heterocycles. The summed E-state index contributed by atoms with van der Waals surface area (Å²) in [5.74, 6) is 0.147. The minimum atomic E-state index is -0.599. The molecule has 1 aromatic carbocycles. The van der Waals surface area contributed by atoms with Gasteiger partial charge in [-0.15, -0.1) is 0 Å². The number of carbonyl (C=O) groups excluding carboxylic acids is 1. The first-order valence-electron chi connectivity index (χ1n) is 5.37. The summed E-state index contributed by atoms with van der Waals surface area (Å²) in [6.07, 6.45) is 0. The Balaban J connectivity index is 2.30. The van der Waals surface area contributed by atoms with Crippen molar-refractivity contribution in [3.8, 4) is 11.5 Å². The van der Waals surface area contributed by atoms with Crippen molar-refractivity contribution in [3.63, 3.8) is 0 Å². The molecule has 0 bridgehead atoms. The Morgan fingerprint density at radius 2 is 1.95 bits per heavy atom. The van der Waals surface area contributed by atoms with Crippen LogP contribution < -0.4 is 20.5 Å². The molecule has 0 radical (unpaired) electrons. The summed E-state index contributed by atoms with van der Waals surface area (Å²) in [6, 6.07) is 3.03. The number of benzene rings is 1. The number of halogens is 1. The van der Waals surface area contributed by atoms with Gasteiger partial charge in [-0.05, 0) is 10.3 Å². The Morgan fingerprint density at radius 3 is 2.50 bits per heavy atom. The number of amides is 1. The molecule has 8 nitrogen and oxygen atoms in total. The normalized spacial score (nSPS) is 10.2. The van der Waals surface area contributed by atoms with Crippen LogP contribution in [-0.4, -0.2) is 30.4 Å². The highest BCUT2D eigenvalue weighted by Crippen LogP contribution is 2.36. The van der Waals surface area contributed by atoms with Crippen molar-refractivity contribution in [1.82, 2.24) is 10.3 Å². The smallest absolute Gasteiger partial charge is 0.281 e. The number of nitrogens with two attached hydrogens (primary N) is 1. The van der Waals surface area contributed by atoms with E-state index >= 15 is 0 Å². The highest BCUT2D eigenvalue weighted by molar-refractivity contribution is 6.34. The van der Waals surface area contributed by atoms with Gasteiger partial charge in [0.2, 0.25) is 11.5 Å². The Hall–Kier alpha value is -2.48. The average molecular weight is 299 g/mol. The second kappa shape index (κ2) is 5.66. The maximum absolute atomic E-state index is 11.9. The molecule has 0 aliphatic rings. The third kappa shape index (κ3) is 2.59. The number of hydrogen-bond donors (Lipinski definition) is 2. The van der Waals surface area contributed by atoms with Crippen molar-refractivity contribution < 1.29 is 18.9 Å². The molecule has 0 aliphatic heterocycles. The van der Waals surface area contributed by atoms with Crippen molar-refractivity contribution in [2.75, 3.05) is 25.3 Å². The molecule has 0 aliphatic carbocycles. The van der Waals surface area contributed by atoms with Gasteiger partial charge < -0.3 is 20.5 Å². The predicted molar refractivity (Wildman–Crippen MR) is 71.2 cm³/mol. The van der Waals surface area contributed by atoms with Crippen LogP contribution in [0.15, 0.2) is 16.8 Å². The van der Waals surface area contributed by atoms with Gasteiger partial charge in [0.25, 0.3) is 5.91 Å². The zero-order chi connectivity index (χ0) is 14.7. The molecule has 0 unspecified atom stereocenters. The third-order valence-electron chi connectivity index (χ3n) is 2.45. The summed E-state index contributed by atoms with van der Waals surface area (Å²) in [7, 11) is 2.95. The lowest BCUT2D eigenvalue weighted by Gasteiger charge is -2.12. The maximum atomic E-state index is 11.9. The number of nitrogen functional groups attached to an aromatic ring is 1. The first kappa shape index (κ1) is 13.9. The quantitative estimate of drug-likeness (QED) is 0.881. The van der Waals surface area contributed by atoms with Crippen molar-refractivity contribution in [2.24, 2.45) is 0 Å². The molecule has 3 N–H and O–H groups in total. The molecule has 0 spiro atoms. The van der Waals surface area contributed by atoms with E-state index in [1.54, 1.807) is 0 Å². The Labute approximate surface area is 118 Å². The number of aromatic nitrogens is 2. The van der Waals surface area contributed by atoms with Gasteiger partial charge in [0.1, 0.15) is 0 Å². The fourth-order valence-electron chi connectivity index (χ4n) is 1.48. The van der Waals surface area contributed by atoms with E-state index in [2.05, 4.69) is 20.3 Å². The van der Waals surface area contributed by atoms with Crippen LogP contribution in [0.25, 0.3) is 0 Å². The molecule has 0 atom stereocenters. The minimum Gasteiger partial charge on any atom is -0.493 e. The molecule has 1 amide bonds. The molecule has 0 saturated heterocycles. The topological polar surface area (TPSA) is 112 Å². The van der Waals surface area contributed by atoms with E-state index in [4.69, 9.17) is 26.8 Å². The predicted octanol–water partition coefficient (Wildman–Crippen LogP) is 1.57. The highest BCUT2D eigenvalue weighted by atomic mass is 35.5. The van der Waals surface area contributed by atoms with Gasteiger partial charge in [0, 0.05) is 12.1 Å². The largest absolute Gasteiger partial charge is 0.493 e. The molecule has 0 fully saturated rings. The summed E-state index contributed by atoms with van der Waals surface area (Å²) in [6.45, 7) is 0. The first-order chi connectivity index (χ1) is 9.56. The number of anilines is 2. The molecule has 2 aromatic rings.